The van der Waals surface area contributed by atoms with E-state index < -0.39 is 0 Å². The summed E-state index contributed by atoms with van der Waals surface area (Å²) >= 11 is 7.34. The Morgan fingerprint density at radius 1 is 1.53 bits per heavy atom. The fraction of sp³-hybridized carbons (Fsp3) is 0.455. The number of rotatable bonds is 5. The maximum Gasteiger partial charge on any atom is 0.191 e. The quantitative estimate of drug-likeness (QED) is 0.505. The zero-order valence-corrected chi connectivity index (χ0v) is 11.3. The molecule has 1 aromatic rings. The number of nitrogens with one attached hydrogen (secondary N) is 1. The highest BCUT2D eigenvalue weighted by atomic mass is 35.5. The van der Waals surface area contributed by atoms with E-state index in [1.807, 2.05) is 17.8 Å². The predicted octanol–water partition coefficient (Wildman–Crippen LogP) is 2.04. The minimum absolute atomic E-state index is 0.690. The lowest BCUT2D eigenvalue weighted by molar-refractivity contribution is 0.778. The highest BCUT2D eigenvalue weighted by Crippen LogP contribution is 2.21. The maximum absolute atomic E-state index is 5.65. The van der Waals surface area contributed by atoms with Gasteiger partial charge in [0.15, 0.2) is 11.0 Å². The van der Waals surface area contributed by atoms with Gasteiger partial charge in [0.1, 0.15) is 0 Å². The van der Waals surface area contributed by atoms with E-state index in [4.69, 9.17) is 11.6 Å². The van der Waals surface area contributed by atoms with Gasteiger partial charge in [-0.3, -0.25) is 0 Å². The van der Waals surface area contributed by atoms with Gasteiger partial charge in [-0.1, -0.05) is 23.9 Å². The average molecular weight is 271 g/mol. The Morgan fingerprint density at radius 3 is 3.12 bits per heavy atom. The van der Waals surface area contributed by atoms with Gasteiger partial charge in [-0.25, -0.2) is 0 Å². The molecule has 92 valence electrons. The van der Waals surface area contributed by atoms with Crippen molar-refractivity contribution < 1.29 is 0 Å². The van der Waals surface area contributed by atoms with Crippen LogP contribution in [0.2, 0.25) is 0 Å². The van der Waals surface area contributed by atoms with Crippen molar-refractivity contribution in [1.82, 2.24) is 20.1 Å². The van der Waals surface area contributed by atoms with Crippen LogP contribution in [0.4, 0.5) is 0 Å². The Labute approximate surface area is 110 Å². The van der Waals surface area contributed by atoms with Crippen molar-refractivity contribution in [3.8, 4) is 0 Å². The van der Waals surface area contributed by atoms with Gasteiger partial charge >= 0.3 is 0 Å². The maximum atomic E-state index is 5.65. The number of nitrogens with zero attached hydrogens (tertiary/aromatic N) is 3. The van der Waals surface area contributed by atoms with Gasteiger partial charge in [-0.15, -0.1) is 21.8 Å². The molecule has 1 aliphatic heterocycles. The number of hydrogen-bond donors (Lipinski definition) is 1. The SMILES string of the molecule is Cn1c(SCCCCl)nnc1C1=CNCC=C1. The van der Waals surface area contributed by atoms with Crippen molar-refractivity contribution in [3.63, 3.8) is 0 Å². The van der Waals surface area contributed by atoms with Crippen LogP contribution >= 0.6 is 23.4 Å². The second kappa shape index (κ2) is 6.12. The van der Waals surface area contributed by atoms with E-state index in [2.05, 4.69) is 27.7 Å². The number of thioether (sulfide) groups is 1. The summed E-state index contributed by atoms with van der Waals surface area (Å²) in [5.41, 5.74) is 1.07. The van der Waals surface area contributed by atoms with E-state index in [1.54, 1.807) is 11.8 Å². The first-order chi connectivity index (χ1) is 8.33. The third-order valence-electron chi connectivity index (χ3n) is 2.39. The zero-order valence-electron chi connectivity index (χ0n) is 9.69. The summed E-state index contributed by atoms with van der Waals surface area (Å²) in [5.74, 6) is 2.56. The Balaban J connectivity index is 2.09. The summed E-state index contributed by atoms with van der Waals surface area (Å²) in [6.45, 7) is 0.874. The minimum Gasteiger partial charge on any atom is -0.387 e. The summed E-state index contributed by atoms with van der Waals surface area (Å²) in [4.78, 5) is 0. The summed E-state index contributed by atoms with van der Waals surface area (Å²) < 4.78 is 2.02. The number of halogens is 1. The van der Waals surface area contributed by atoms with Crippen molar-refractivity contribution in [3.05, 3.63) is 24.2 Å². The molecule has 0 saturated carbocycles. The topological polar surface area (TPSA) is 42.7 Å². The molecule has 0 spiro atoms. The van der Waals surface area contributed by atoms with Crippen LogP contribution in [0.1, 0.15) is 12.2 Å². The zero-order chi connectivity index (χ0) is 12.1. The molecule has 1 aromatic heterocycles. The summed E-state index contributed by atoms with van der Waals surface area (Å²) in [6.07, 6.45) is 7.09. The molecule has 4 nitrogen and oxygen atoms in total. The van der Waals surface area contributed by atoms with Crippen LogP contribution in [0.25, 0.3) is 5.57 Å². The summed E-state index contributed by atoms with van der Waals surface area (Å²) in [7, 11) is 1.99. The van der Waals surface area contributed by atoms with Crippen molar-refractivity contribution >= 4 is 28.9 Å². The number of allylic oxidation sites excluding steroid dienone is 2. The van der Waals surface area contributed by atoms with Crippen molar-refractivity contribution in [1.29, 1.82) is 0 Å². The van der Waals surface area contributed by atoms with E-state index in [0.29, 0.717) is 5.88 Å². The Hall–Kier alpha value is -0.940. The number of hydrogen-bond acceptors (Lipinski definition) is 4. The second-order valence-corrected chi connectivity index (χ2v) is 5.11. The van der Waals surface area contributed by atoms with Crippen LogP contribution in [0.5, 0.6) is 0 Å². The Morgan fingerprint density at radius 2 is 2.41 bits per heavy atom. The van der Waals surface area contributed by atoms with Crippen LogP contribution < -0.4 is 5.32 Å². The molecule has 0 unspecified atom stereocenters. The molecule has 0 aliphatic carbocycles. The van der Waals surface area contributed by atoms with E-state index >= 15 is 0 Å². The normalized spacial score (nSPS) is 14.6. The first-order valence-corrected chi connectivity index (χ1v) is 7.03. The van der Waals surface area contributed by atoms with E-state index in [9.17, 15) is 0 Å². The molecule has 1 N–H and O–H groups in total. The molecule has 1 aliphatic rings. The summed E-state index contributed by atoms with van der Waals surface area (Å²) in [5, 5.41) is 12.5. The van der Waals surface area contributed by atoms with E-state index in [-0.39, 0.29) is 0 Å². The second-order valence-electron chi connectivity index (χ2n) is 3.67. The van der Waals surface area contributed by atoms with Gasteiger partial charge in [-0.2, -0.15) is 0 Å². The Kier molecular flexibility index (Phi) is 4.50. The average Bonchev–Trinajstić information content (AvgIpc) is 2.73. The molecule has 0 amide bonds. The lowest BCUT2D eigenvalue weighted by Crippen LogP contribution is -2.10. The third kappa shape index (κ3) is 3.04. The predicted molar refractivity (Wildman–Crippen MR) is 72.2 cm³/mol. The molecule has 0 bridgehead atoms. The number of aromatic nitrogens is 3. The van der Waals surface area contributed by atoms with Gasteiger partial charge in [0.05, 0.1) is 0 Å². The molecule has 0 saturated heterocycles. The first-order valence-electron chi connectivity index (χ1n) is 5.51. The summed E-state index contributed by atoms with van der Waals surface area (Å²) in [6, 6.07) is 0. The van der Waals surface area contributed by atoms with Crippen molar-refractivity contribution in [2.45, 2.75) is 11.6 Å². The minimum atomic E-state index is 0.690. The number of alkyl halides is 1. The van der Waals surface area contributed by atoms with Gasteiger partial charge in [0.2, 0.25) is 0 Å². The molecule has 0 aromatic carbocycles. The molecule has 6 heteroatoms. The van der Waals surface area contributed by atoms with E-state index in [0.717, 1.165) is 35.3 Å². The standard InChI is InChI=1S/C11H15ClN4S/c1-16-10(9-4-2-6-13-8-9)14-15-11(16)17-7-3-5-12/h2,4,8,13H,3,5-7H2,1H3. The van der Waals surface area contributed by atoms with Crippen LogP contribution in [0.3, 0.4) is 0 Å². The molecular weight excluding hydrogens is 256 g/mol. The van der Waals surface area contributed by atoms with Crippen molar-refractivity contribution in [2.75, 3.05) is 18.2 Å². The van der Waals surface area contributed by atoms with Crippen LogP contribution in [-0.2, 0) is 7.05 Å². The Bertz CT molecular complexity index is 439. The van der Waals surface area contributed by atoms with Gasteiger partial charge < -0.3 is 9.88 Å². The van der Waals surface area contributed by atoms with Crippen molar-refractivity contribution in [2.24, 2.45) is 7.05 Å². The largest absolute Gasteiger partial charge is 0.387 e. The lowest BCUT2D eigenvalue weighted by atomic mass is 10.2. The van der Waals surface area contributed by atoms with Gasteiger partial charge in [-0.05, 0) is 6.42 Å². The number of dihydropyridines is 1. The molecular formula is C11H15ClN4S. The molecule has 0 atom stereocenters. The van der Waals surface area contributed by atoms with E-state index in [1.165, 1.54) is 0 Å². The first kappa shape index (κ1) is 12.5. The molecule has 2 rings (SSSR count). The van der Waals surface area contributed by atoms with Crippen LogP contribution in [-0.4, -0.2) is 32.9 Å². The fourth-order valence-corrected chi connectivity index (χ4v) is 2.66. The molecule has 17 heavy (non-hydrogen) atoms. The lowest BCUT2D eigenvalue weighted by Gasteiger charge is -2.08. The fourth-order valence-electron chi connectivity index (χ4n) is 1.52. The smallest absolute Gasteiger partial charge is 0.191 e. The van der Waals surface area contributed by atoms with Crippen LogP contribution in [0, 0.1) is 0 Å². The highest BCUT2D eigenvalue weighted by molar-refractivity contribution is 7.99. The third-order valence-corrected chi connectivity index (χ3v) is 3.77. The van der Waals surface area contributed by atoms with Gasteiger partial charge in [0, 0.05) is 37.0 Å². The molecule has 2 heterocycles. The highest BCUT2D eigenvalue weighted by Gasteiger charge is 2.12. The molecule has 0 radical (unpaired) electrons. The monoisotopic (exact) mass is 270 g/mol. The van der Waals surface area contributed by atoms with Gasteiger partial charge in [0.25, 0.3) is 0 Å². The molecule has 0 fully saturated rings. The van der Waals surface area contributed by atoms with Crippen LogP contribution in [0.15, 0.2) is 23.5 Å².